The van der Waals surface area contributed by atoms with Crippen molar-refractivity contribution in [1.82, 2.24) is 9.97 Å². The van der Waals surface area contributed by atoms with E-state index in [2.05, 4.69) is 9.97 Å². The number of likely N-dealkylation sites (N-methyl/N-ethyl adjacent to an activating group) is 1. The van der Waals surface area contributed by atoms with E-state index in [4.69, 9.17) is 9.47 Å². The fourth-order valence-electron chi connectivity index (χ4n) is 3.45. The third-order valence-electron chi connectivity index (χ3n) is 5.24. The number of nitrogens with zero attached hydrogens (tertiary/aromatic N) is 1. The standard InChI is InChI=1S/C23H25N3O4/c1-26(28,9-11-29-2)10-12-30-18-7-8-21-17(13-18)15-22(24-21)19-14-16-5-3-4-6-20(16)25-23(19)27/h3-8,13-15,24H,9-12H2,1-2H3,(H,25,27). The fraction of sp³-hybridized carbons (Fsp3) is 0.261. The van der Waals surface area contributed by atoms with Crippen molar-refractivity contribution in [1.29, 1.82) is 0 Å². The molecule has 7 heteroatoms. The smallest absolute Gasteiger partial charge is 0.257 e. The average Bonchev–Trinajstić information content (AvgIpc) is 3.15. The number of fused-ring (bicyclic) bond motifs is 2. The number of hydrogen-bond donors (Lipinski definition) is 2. The highest BCUT2D eigenvalue weighted by atomic mass is 16.6. The second-order valence-electron chi connectivity index (χ2n) is 7.62. The molecule has 0 aliphatic heterocycles. The number of aromatic amines is 2. The summed E-state index contributed by atoms with van der Waals surface area (Å²) in [6.45, 7) is 1.47. The Labute approximate surface area is 174 Å². The highest BCUT2D eigenvalue weighted by Gasteiger charge is 2.12. The van der Waals surface area contributed by atoms with Gasteiger partial charge in [-0.25, -0.2) is 0 Å². The molecule has 0 aliphatic carbocycles. The first-order chi connectivity index (χ1) is 14.4. The molecular weight excluding hydrogens is 382 g/mol. The minimum absolute atomic E-state index is 0.139. The molecule has 4 rings (SSSR count). The van der Waals surface area contributed by atoms with Crippen molar-refractivity contribution in [3.63, 3.8) is 0 Å². The normalized spacial score (nSPS) is 13.6. The lowest BCUT2D eigenvalue weighted by Gasteiger charge is -2.38. The zero-order valence-electron chi connectivity index (χ0n) is 17.1. The maximum absolute atomic E-state index is 12.5. The van der Waals surface area contributed by atoms with Gasteiger partial charge in [0.2, 0.25) is 0 Å². The van der Waals surface area contributed by atoms with E-state index in [0.29, 0.717) is 37.6 Å². The Kier molecular flexibility index (Phi) is 5.59. The number of ether oxygens (including phenoxy) is 2. The number of H-pyrrole nitrogens is 2. The van der Waals surface area contributed by atoms with Crippen molar-refractivity contribution >= 4 is 21.8 Å². The summed E-state index contributed by atoms with van der Waals surface area (Å²) in [6, 6.07) is 17.2. The molecule has 30 heavy (non-hydrogen) atoms. The summed E-state index contributed by atoms with van der Waals surface area (Å²) >= 11 is 0. The zero-order chi connectivity index (χ0) is 21.1. The molecule has 4 aromatic rings. The molecule has 1 unspecified atom stereocenters. The Hall–Kier alpha value is -3.13. The second-order valence-corrected chi connectivity index (χ2v) is 7.62. The first-order valence-corrected chi connectivity index (χ1v) is 9.88. The molecule has 0 saturated heterocycles. The topological polar surface area (TPSA) is 90.2 Å². The van der Waals surface area contributed by atoms with Crippen LogP contribution in [0.15, 0.2) is 59.4 Å². The predicted octanol–water partition coefficient (Wildman–Crippen LogP) is 3.65. The summed E-state index contributed by atoms with van der Waals surface area (Å²) in [7, 11) is 3.20. The van der Waals surface area contributed by atoms with E-state index < -0.39 is 4.65 Å². The SMILES string of the molecule is COCC[N+](C)([O-])CCOc1ccc2[nH]c(-c3cc4ccccc4[nH]c3=O)cc2c1. The van der Waals surface area contributed by atoms with Gasteiger partial charge in [-0.3, -0.25) is 4.79 Å². The fourth-order valence-corrected chi connectivity index (χ4v) is 3.45. The van der Waals surface area contributed by atoms with Crippen molar-refractivity contribution in [2.75, 3.05) is 40.5 Å². The number of para-hydroxylation sites is 1. The highest BCUT2D eigenvalue weighted by Crippen LogP contribution is 2.27. The average molecular weight is 407 g/mol. The molecule has 2 aromatic heterocycles. The van der Waals surface area contributed by atoms with E-state index in [-0.39, 0.29) is 5.56 Å². The van der Waals surface area contributed by atoms with E-state index in [1.54, 1.807) is 14.2 Å². The summed E-state index contributed by atoms with van der Waals surface area (Å²) in [5.41, 5.74) is 2.92. The predicted molar refractivity (Wildman–Crippen MR) is 119 cm³/mol. The molecule has 1 atom stereocenters. The zero-order valence-corrected chi connectivity index (χ0v) is 17.1. The molecule has 0 radical (unpaired) electrons. The minimum atomic E-state index is -0.408. The molecule has 0 aliphatic rings. The van der Waals surface area contributed by atoms with E-state index in [0.717, 1.165) is 27.5 Å². The molecule has 2 heterocycles. The van der Waals surface area contributed by atoms with Gasteiger partial charge >= 0.3 is 0 Å². The summed E-state index contributed by atoms with van der Waals surface area (Å²) in [4.78, 5) is 18.8. The van der Waals surface area contributed by atoms with Crippen molar-refractivity contribution in [3.8, 4) is 17.0 Å². The molecule has 156 valence electrons. The van der Waals surface area contributed by atoms with Gasteiger partial charge in [-0.15, -0.1) is 0 Å². The van der Waals surface area contributed by atoms with Crippen LogP contribution in [-0.4, -0.2) is 55.1 Å². The van der Waals surface area contributed by atoms with Gasteiger partial charge in [0.05, 0.1) is 24.9 Å². The van der Waals surface area contributed by atoms with Crippen LogP contribution >= 0.6 is 0 Å². The molecular formula is C23H25N3O4. The Morgan fingerprint density at radius 3 is 2.53 bits per heavy atom. The molecule has 0 bridgehead atoms. The monoisotopic (exact) mass is 407 g/mol. The molecule has 7 nitrogen and oxygen atoms in total. The first kappa shape index (κ1) is 20.2. The molecule has 0 spiro atoms. The molecule has 2 N–H and O–H groups in total. The Morgan fingerprint density at radius 2 is 1.70 bits per heavy atom. The summed E-state index contributed by atoms with van der Waals surface area (Å²) in [5, 5.41) is 14.2. The second kappa shape index (κ2) is 8.31. The van der Waals surface area contributed by atoms with Gasteiger partial charge in [0, 0.05) is 23.5 Å². The van der Waals surface area contributed by atoms with Crippen LogP contribution in [0.1, 0.15) is 0 Å². The number of nitrogens with one attached hydrogen (secondary N) is 2. The van der Waals surface area contributed by atoms with Crippen molar-refractivity contribution in [3.05, 3.63) is 70.2 Å². The number of aromatic nitrogens is 2. The number of benzene rings is 2. The van der Waals surface area contributed by atoms with Crippen LogP contribution < -0.4 is 10.3 Å². The summed E-state index contributed by atoms with van der Waals surface area (Å²) in [6.07, 6.45) is 0. The third kappa shape index (κ3) is 4.38. The summed E-state index contributed by atoms with van der Waals surface area (Å²) < 4.78 is 10.4. The number of pyridine rings is 1. The Bertz CT molecular complexity index is 1230. The maximum atomic E-state index is 12.5. The number of quaternary nitrogens is 1. The van der Waals surface area contributed by atoms with Crippen LogP contribution in [0.4, 0.5) is 0 Å². The lowest BCUT2D eigenvalue weighted by atomic mass is 10.1. The lowest BCUT2D eigenvalue weighted by Crippen LogP contribution is -2.43. The van der Waals surface area contributed by atoms with Crippen molar-refractivity contribution < 1.29 is 14.1 Å². The van der Waals surface area contributed by atoms with Crippen LogP contribution in [0.5, 0.6) is 5.75 Å². The van der Waals surface area contributed by atoms with Gasteiger partial charge in [-0.1, -0.05) is 18.2 Å². The highest BCUT2D eigenvalue weighted by molar-refractivity contribution is 5.89. The Morgan fingerprint density at radius 1 is 0.933 bits per heavy atom. The largest absolute Gasteiger partial charge is 0.633 e. The van der Waals surface area contributed by atoms with Crippen LogP contribution in [0.3, 0.4) is 0 Å². The molecule has 0 fully saturated rings. The lowest BCUT2D eigenvalue weighted by molar-refractivity contribution is -0.861. The van der Waals surface area contributed by atoms with Gasteiger partial charge in [0.15, 0.2) is 0 Å². The van der Waals surface area contributed by atoms with Gasteiger partial charge < -0.3 is 29.3 Å². The number of hydroxylamine groups is 3. The van der Waals surface area contributed by atoms with Crippen LogP contribution in [0.25, 0.3) is 33.1 Å². The van der Waals surface area contributed by atoms with E-state index >= 15 is 0 Å². The first-order valence-electron chi connectivity index (χ1n) is 9.88. The van der Waals surface area contributed by atoms with E-state index in [1.807, 2.05) is 54.6 Å². The third-order valence-corrected chi connectivity index (χ3v) is 5.24. The van der Waals surface area contributed by atoms with Gasteiger partial charge in [0.1, 0.15) is 25.4 Å². The van der Waals surface area contributed by atoms with Gasteiger partial charge in [0.25, 0.3) is 5.56 Å². The number of hydrogen-bond acceptors (Lipinski definition) is 4. The molecule has 0 saturated carbocycles. The number of methoxy groups -OCH3 is 1. The summed E-state index contributed by atoms with van der Waals surface area (Å²) in [5.74, 6) is 0.687. The van der Waals surface area contributed by atoms with Crippen LogP contribution in [-0.2, 0) is 4.74 Å². The van der Waals surface area contributed by atoms with Crippen LogP contribution in [0.2, 0.25) is 0 Å². The maximum Gasteiger partial charge on any atom is 0.257 e. The molecule has 2 aromatic carbocycles. The van der Waals surface area contributed by atoms with E-state index in [1.165, 1.54) is 0 Å². The van der Waals surface area contributed by atoms with E-state index in [9.17, 15) is 10.0 Å². The quantitative estimate of drug-likeness (QED) is 0.345. The molecule has 0 amide bonds. The van der Waals surface area contributed by atoms with Crippen molar-refractivity contribution in [2.45, 2.75) is 0 Å². The minimum Gasteiger partial charge on any atom is -0.633 e. The van der Waals surface area contributed by atoms with Gasteiger partial charge in [-0.05, 0) is 41.8 Å². The Balaban J connectivity index is 1.53. The van der Waals surface area contributed by atoms with Gasteiger partial charge in [-0.2, -0.15) is 0 Å². The van der Waals surface area contributed by atoms with Crippen molar-refractivity contribution in [2.24, 2.45) is 0 Å². The van der Waals surface area contributed by atoms with Crippen LogP contribution in [0, 0.1) is 5.21 Å². The number of rotatable bonds is 8.